The van der Waals surface area contributed by atoms with Crippen LogP contribution in [0.5, 0.6) is 5.75 Å². The van der Waals surface area contributed by atoms with Crippen LogP contribution in [0.4, 0.5) is 0 Å². The lowest BCUT2D eigenvalue weighted by molar-refractivity contribution is -0.884. The van der Waals surface area contributed by atoms with E-state index in [1.165, 1.54) is 4.90 Å². The summed E-state index contributed by atoms with van der Waals surface area (Å²) in [5.74, 6) is 0.981. The lowest BCUT2D eigenvalue weighted by Crippen LogP contribution is -3.12. The molecule has 0 unspecified atom stereocenters. The van der Waals surface area contributed by atoms with Gasteiger partial charge in [0.1, 0.15) is 11.3 Å². The number of ether oxygens (including phenoxy) is 1. The number of likely N-dealkylation sites (N-methyl/N-ethyl adjacent to an activating group) is 1. The molecule has 2 heterocycles. The SMILES string of the molecule is CCOc1ccc2oc(C(=O)NN3CC[NH+](C)CC3)c(C)c2c1. The van der Waals surface area contributed by atoms with Crippen molar-refractivity contribution in [1.82, 2.24) is 10.4 Å². The molecule has 1 aromatic carbocycles. The molecule has 0 atom stereocenters. The van der Waals surface area contributed by atoms with E-state index in [2.05, 4.69) is 12.5 Å². The lowest BCUT2D eigenvalue weighted by atomic mass is 10.1. The number of benzene rings is 1. The maximum absolute atomic E-state index is 12.5. The van der Waals surface area contributed by atoms with Gasteiger partial charge in [0, 0.05) is 10.9 Å². The van der Waals surface area contributed by atoms with Crippen LogP contribution in [0, 0.1) is 6.92 Å². The fourth-order valence-corrected chi connectivity index (χ4v) is 2.87. The van der Waals surface area contributed by atoms with Crippen LogP contribution in [0.1, 0.15) is 23.0 Å². The number of aryl methyl sites for hydroxylation is 1. The number of piperazine rings is 1. The Labute approximate surface area is 136 Å². The number of carbonyl (C=O) groups is 1. The molecule has 1 fully saturated rings. The Morgan fingerprint density at radius 1 is 1.39 bits per heavy atom. The number of amides is 1. The number of nitrogens with zero attached hydrogens (tertiary/aromatic N) is 1. The van der Waals surface area contributed by atoms with Crippen molar-refractivity contribution in [3.8, 4) is 5.75 Å². The number of carbonyl (C=O) groups excluding carboxylic acids is 1. The van der Waals surface area contributed by atoms with Crippen LogP contribution >= 0.6 is 0 Å². The first-order valence-corrected chi connectivity index (χ1v) is 8.11. The van der Waals surface area contributed by atoms with E-state index in [0.717, 1.165) is 42.9 Å². The van der Waals surface area contributed by atoms with Gasteiger partial charge < -0.3 is 14.1 Å². The first-order valence-electron chi connectivity index (χ1n) is 8.11. The van der Waals surface area contributed by atoms with Crippen LogP contribution in [0.15, 0.2) is 22.6 Å². The summed E-state index contributed by atoms with van der Waals surface area (Å²) < 4.78 is 11.3. The molecule has 1 saturated heterocycles. The molecule has 6 heteroatoms. The third-order valence-corrected chi connectivity index (χ3v) is 4.30. The molecule has 3 rings (SSSR count). The van der Waals surface area contributed by atoms with Crippen molar-refractivity contribution in [2.45, 2.75) is 13.8 Å². The topological polar surface area (TPSA) is 59.1 Å². The van der Waals surface area contributed by atoms with Crippen molar-refractivity contribution in [2.75, 3.05) is 39.8 Å². The summed E-state index contributed by atoms with van der Waals surface area (Å²) in [5, 5.41) is 2.89. The zero-order valence-electron chi connectivity index (χ0n) is 13.9. The van der Waals surface area contributed by atoms with Gasteiger partial charge in [0.15, 0.2) is 5.76 Å². The molecule has 0 radical (unpaired) electrons. The smallest absolute Gasteiger partial charge is 0.301 e. The van der Waals surface area contributed by atoms with Crippen LogP contribution in [0.3, 0.4) is 0 Å². The highest BCUT2D eigenvalue weighted by molar-refractivity contribution is 5.99. The fraction of sp³-hybridized carbons (Fsp3) is 0.471. The second kappa shape index (κ2) is 6.60. The van der Waals surface area contributed by atoms with Gasteiger partial charge in [-0.1, -0.05) is 0 Å². The Morgan fingerprint density at radius 2 is 2.13 bits per heavy atom. The average molecular weight is 318 g/mol. The number of furan rings is 1. The molecule has 0 bridgehead atoms. The number of hydrazine groups is 1. The quantitative estimate of drug-likeness (QED) is 0.867. The number of rotatable bonds is 4. The van der Waals surface area contributed by atoms with E-state index < -0.39 is 0 Å². The molecule has 23 heavy (non-hydrogen) atoms. The summed E-state index contributed by atoms with van der Waals surface area (Å²) in [7, 11) is 2.17. The van der Waals surface area contributed by atoms with Gasteiger partial charge in [-0.25, -0.2) is 5.01 Å². The van der Waals surface area contributed by atoms with Crippen LogP contribution in [-0.2, 0) is 0 Å². The van der Waals surface area contributed by atoms with Gasteiger partial charge in [-0.2, -0.15) is 0 Å². The van der Waals surface area contributed by atoms with Crippen molar-refractivity contribution in [1.29, 1.82) is 0 Å². The highest BCUT2D eigenvalue weighted by Gasteiger charge is 2.23. The lowest BCUT2D eigenvalue weighted by Gasteiger charge is -2.29. The van der Waals surface area contributed by atoms with Gasteiger partial charge in [0.05, 0.1) is 39.8 Å². The van der Waals surface area contributed by atoms with E-state index >= 15 is 0 Å². The Kier molecular flexibility index (Phi) is 4.54. The molecule has 124 valence electrons. The van der Waals surface area contributed by atoms with Crippen LogP contribution in [0.2, 0.25) is 0 Å². The van der Waals surface area contributed by atoms with E-state index in [1.54, 1.807) is 0 Å². The maximum atomic E-state index is 12.5. The minimum absolute atomic E-state index is 0.184. The predicted octanol–water partition coefficient (Wildman–Crippen LogP) is 0.615. The first kappa shape index (κ1) is 15.8. The molecule has 1 aliphatic rings. The van der Waals surface area contributed by atoms with Crippen molar-refractivity contribution >= 4 is 16.9 Å². The summed E-state index contributed by atoms with van der Waals surface area (Å²) in [4.78, 5) is 14.0. The van der Waals surface area contributed by atoms with Gasteiger partial charge in [-0.05, 0) is 32.0 Å². The highest BCUT2D eigenvalue weighted by atomic mass is 16.5. The standard InChI is InChI=1S/C17H23N3O3/c1-4-22-13-5-6-15-14(11-13)12(2)16(23-15)17(21)18-20-9-7-19(3)8-10-20/h5-6,11H,4,7-10H2,1-3H3,(H,18,21)/p+1. The third kappa shape index (κ3) is 3.33. The summed E-state index contributed by atoms with van der Waals surface area (Å²) in [5.41, 5.74) is 4.51. The summed E-state index contributed by atoms with van der Waals surface area (Å²) in [6.45, 7) is 8.22. The molecule has 0 aliphatic carbocycles. The monoisotopic (exact) mass is 318 g/mol. The molecule has 2 N–H and O–H groups in total. The Bertz CT molecular complexity index is 702. The molecule has 1 amide bonds. The summed E-state index contributed by atoms with van der Waals surface area (Å²) >= 11 is 0. The number of nitrogens with one attached hydrogen (secondary N) is 2. The largest absolute Gasteiger partial charge is 0.494 e. The molecule has 1 aliphatic heterocycles. The number of hydrogen-bond acceptors (Lipinski definition) is 4. The van der Waals surface area contributed by atoms with Gasteiger partial charge in [0.25, 0.3) is 0 Å². The highest BCUT2D eigenvalue weighted by Crippen LogP contribution is 2.28. The minimum Gasteiger partial charge on any atom is -0.494 e. The molecule has 1 aromatic heterocycles. The molecular formula is C17H24N3O3+. The molecule has 0 spiro atoms. The van der Waals surface area contributed by atoms with Crippen molar-refractivity contribution in [3.63, 3.8) is 0 Å². The summed E-state index contributed by atoms with van der Waals surface area (Å²) in [6, 6.07) is 5.64. The molecule has 2 aromatic rings. The number of quaternary nitrogens is 1. The molecular weight excluding hydrogens is 294 g/mol. The minimum atomic E-state index is -0.184. The predicted molar refractivity (Wildman–Crippen MR) is 87.8 cm³/mol. The Morgan fingerprint density at radius 3 is 2.83 bits per heavy atom. The zero-order chi connectivity index (χ0) is 16.4. The Hall–Kier alpha value is -2.05. The Balaban J connectivity index is 1.79. The average Bonchev–Trinajstić information content (AvgIpc) is 2.87. The van der Waals surface area contributed by atoms with E-state index in [4.69, 9.17) is 9.15 Å². The maximum Gasteiger partial charge on any atom is 0.301 e. The van der Waals surface area contributed by atoms with Crippen molar-refractivity contribution < 1.29 is 18.8 Å². The van der Waals surface area contributed by atoms with E-state index in [1.807, 2.05) is 37.1 Å². The van der Waals surface area contributed by atoms with Gasteiger partial charge in [-0.3, -0.25) is 10.2 Å². The van der Waals surface area contributed by atoms with E-state index in [0.29, 0.717) is 18.0 Å². The molecule has 6 nitrogen and oxygen atoms in total. The second-order valence-electron chi connectivity index (χ2n) is 6.03. The van der Waals surface area contributed by atoms with Gasteiger partial charge in [-0.15, -0.1) is 0 Å². The first-order chi connectivity index (χ1) is 11.1. The normalized spacial score (nSPS) is 16.7. The van der Waals surface area contributed by atoms with Gasteiger partial charge in [0.2, 0.25) is 0 Å². The summed E-state index contributed by atoms with van der Waals surface area (Å²) in [6.07, 6.45) is 0. The van der Waals surface area contributed by atoms with Crippen molar-refractivity contribution in [3.05, 3.63) is 29.5 Å². The van der Waals surface area contributed by atoms with E-state index in [-0.39, 0.29) is 5.91 Å². The van der Waals surface area contributed by atoms with Crippen molar-refractivity contribution in [2.24, 2.45) is 0 Å². The fourth-order valence-electron chi connectivity index (χ4n) is 2.87. The third-order valence-electron chi connectivity index (χ3n) is 4.30. The van der Waals surface area contributed by atoms with Crippen LogP contribution < -0.4 is 15.1 Å². The van der Waals surface area contributed by atoms with E-state index in [9.17, 15) is 4.79 Å². The number of fused-ring (bicyclic) bond motifs is 1. The van der Waals surface area contributed by atoms with Crippen LogP contribution in [-0.4, -0.2) is 50.7 Å². The van der Waals surface area contributed by atoms with Crippen LogP contribution in [0.25, 0.3) is 11.0 Å². The second-order valence-corrected chi connectivity index (χ2v) is 6.03. The number of hydrogen-bond donors (Lipinski definition) is 2. The van der Waals surface area contributed by atoms with Gasteiger partial charge >= 0.3 is 5.91 Å². The molecule has 0 saturated carbocycles. The zero-order valence-corrected chi connectivity index (χ0v) is 13.9.